The van der Waals surface area contributed by atoms with E-state index >= 15 is 0 Å². The van der Waals surface area contributed by atoms with Gasteiger partial charge in [0.2, 0.25) is 15.9 Å². The summed E-state index contributed by atoms with van der Waals surface area (Å²) in [5.41, 5.74) is 0.502. The van der Waals surface area contributed by atoms with Crippen LogP contribution in [-0.4, -0.2) is 23.7 Å². The van der Waals surface area contributed by atoms with E-state index < -0.39 is 10.0 Å². The Labute approximate surface area is 124 Å². The van der Waals surface area contributed by atoms with Crippen LogP contribution < -0.4 is 4.72 Å². The van der Waals surface area contributed by atoms with Gasteiger partial charge in [0.05, 0.1) is 18.0 Å². The maximum Gasteiger partial charge on any atom is 0.242 e. The summed E-state index contributed by atoms with van der Waals surface area (Å²) in [6, 6.07) is 4.59. The molecule has 2 N–H and O–H groups in total. The number of halogens is 1. The molecule has 0 fully saturated rings. The second-order valence-electron chi connectivity index (χ2n) is 3.98. The largest absolute Gasteiger partial charge is 0.392 e. The van der Waals surface area contributed by atoms with Crippen molar-refractivity contribution in [2.75, 3.05) is 0 Å². The summed E-state index contributed by atoms with van der Waals surface area (Å²) in [5.74, 6) is 0.614. The van der Waals surface area contributed by atoms with Gasteiger partial charge in [0, 0.05) is 4.47 Å². The Hall–Kier alpha value is -1.29. The third-order valence-electron chi connectivity index (χ3n) is 2.45. The Morgan fingerprint density at radius 2 is 2.20 bits per heavy atom. The molecule has 0 atom stereocenters. The van der Waals surface area contributed by atoms with E-state index in [4.69, 9.17) is 9.63 Å². The molecule has 20 heavy (non-hydrogen) atoms. The van der Waals surface area contributed by atoms with Crippen molar-refractivity contribution in [3.05, 3.63) is 40.0 Å². The van der Waals surface area contributed by atoms with Crippen LogP contribution in [0.2, 0.25) is 0 Å². The molecule has 0 aliphatic rings. The molecule has 0 saturated carbocycles. The van der Waals surface area contributed by atoms with Crippen LogP contribution in [0.1, 0.15) is 17.3 Å². The Bertz CT molecular complexity index is 714. The molecule has 0 spiro atoms. The van der Waals surface area contributed by atoms with E-state index in [-0.39, 0.29) is 23.9 Å². The van der Waals surface area contributed by atoms with E-state index in [0.717, 1.165) is 0 Å². The van der Waals surface area contributed by atoms with Crippen molar-refractivity contribution in [3.63, 3.8) is 0 Å². The highest BCUT2D eigenvalue weighted by atomic mass is 79.9. The van der Waals surface area contributed by atoms with Crippen molar-refractivity contribution in [1.29, 1.82) is 0 Å². The predicted octanol–water partition coefficient (Wildman–Crippen LogP) is 1.11. The first-order valence-electron chi connectivity index (χ1n) is 5.60. The number of hydrogen-bond donors (Lipinski definition) is 2. The molecule has 1 aromatic heterocycles. The van der Waals surface area contributed by atoms with E-state index in [0.29, 0.717) is 15.9 Å². The van der Waals surface area contributed by atoms with Crippen LogP contribution in [-0.2, 0) is 23.2 Å². The third kappa shape index (κ3) is 3.42. The topological polar surface area (TPSA) is 105 Å². The lowest BCUT2D eigenvalue weighted by molar-refractivity contribution is 0.281. The van der Waals surface area contributed by atoms with Crippen molar-refractivity contribution in [2.24, 2.45) is 0 Å². The SMILES string of the molecule is Cc1noc(CNS(=O)(=O)c2cc(CO)ccc2Br)n1. The average Bonchev–Trinajstić information content (AvgIpc) is 2.83. The molecule has 1 heterocycles. The lowest BCUT2D eigenvalue weighted by Crippen LogP contribution is -2.24. The zero-order valence-electron chi connectivity index (χ0n) is 10.5. The number of benzene rings is 1. The first kappa shape index (κ1) is 15.1. The molecule has 0 amide bonds. The van der Waals surface area contributed by atoms with Gasteiger partial charge < -0.3 is 9.63 Å². The van der Waals surface area contributed by atoms with E-state index in [1.54, 1.807) is 19.1 Å². The van der Waals surface area contributed by atoms with E-state index in [1.807, 2.05) is 0 Å². The van der Waals surface area contributed by atoms with Gasteiger partial charge in [-0.05, 0) is 40.5 Å². The number of aliphatic hydroxyl groups is 1. The van der Waals surface area contributed by atoms with Gasteiger partial charge in [-0.2, -0.15) is 4.98 Å². The Kier molecular flexibility index (Phi) is 4.53. The second kappa shape index (κ2) is 6.00. The Balaban J connectivity index is 2.21. The van der Waals surface area contributed by atoms with Crippen molar-refractivity contribution in [1.82, 2.24) is 14.9 Å². The maximum absolute atomic E-state index is 12.2. The van der Waals surface area contributed by atoms with Crippen molar-refractivity contribution < 1.29 is 18.0 Å². The van der Waals surface area contributed by atoms with Gasteiger partial charge in [0.25, 0.3) is 0 Å². The standard InChI is InChI=1S/C11H12BrN3O4S/c1-7-14-11(19-15-7)5-13-20(17,18)10-4-8(6-16)2-3-9(10)12/h2-4,13,16H,5-6H2,1H3. The fourth-order valence-corrected chi connectivity index (χ4v) is 3.48. The number of aromatic nitrogens is 2. The van der Waals surface area contributed by atoms with Crippen LogP contribution in [0.4, 0.5) is 0 Å². The summed E-state index contributed by atoms with van der Waals surface area (Å²) in [5, 5.41) is 12.6. The highest BCUT2D eigenvalue weighted by Crippen LogP contribution is 2.23. The summed E-state index contributed by atoms with van der Waals surface area (Å²) < 4.78 is 32.0. The molecule has 7 nitrogen and oxygen atoms in total. The summed E-state index contributed by atoms with van der Waals surface area (Å²) in [4.78, 5) is 3.95. The summed E-state index contributed by atoms with van der Waals surface area (Å²) in [7, 11) is -3.75. The van der Waals surface area contributed by atoms with Crippen LogP contribution in [0.25, 0.3) is 0 Å². The number of hydrogen-bond acceptors (Lipinski definition) is 6. The molecule has 108 valence electrons. The maximum atomic E-state index is 12.2. The zero-order valence-corrected chi connectivity index (χ0v) is 12.9. The summed E-state index contributed by atoms with van der Waals surface area (Å²) in [6.07, 6.45) is 0. The van der Waals surface area contributed by atoms with Gasteiger partial charge >= 0.3 is 0 Å². The quantitative estimate of drug-likeness (QED) is 0.826. The fraction of sp³-hybridized carbons (Fsp3) is 0.273. The molecule has 1 aromatic carbocycles. The molecule has 9 heteroatoms. The van der Waals surface area contributed by atoms with E-state index in [9.17, 15) is 8.42 Å². The highest BCUT2D eigenvalue weighted by Gasteiger charge is 2.19. The van der Waals surface area contributed by atoms with Gasteiger partial charge in [-0.1, -0.05) is 11.2 Å². The molecule has 0 bridgehead atoms. The van der Waals surface area contributed by atoms with Crippen molar-refractivity contribution in [2.45, 2.75) is 25.0 Å². The van der Waals surface area contributed by atoms with Crippen LogP contribution in [0.5, 0.6) is 0 Å². The van der Waals surface area contributed by atoms with Crippen LogP contribution in [0.3, 0.4) is 0 Å². The number of nitrogens with zero attached hydrogens (tertiary/aromatic N) is 2. The molecular weight excluding hydrogens is 350 g/mol. The number of sulfonamides is 1. The lowest BCUT2D eigenvalue weighted by atomic mass is 10.2. The predicted molar refractivity (Wildman–Crippen MR) is 73.1 cm³/mol. The smallest absolute Gasteiger partial charge is 0.242 e. The van der Waals surface area contributed by atoms with Crippen LogP contribution in [0.15, 0.2) is 32.1 Å². The minimum Gasteiger partial charge on any atom is -0.392 e. The minimum atomic E-state index is -3.75. The van der Waals surface area contributed by atoms with Crippen molar-refractivity contribution >= 4 is 26.0 Å². The van der Waals surface area contributed by atoms with E-state index in [1.165, 1.54) is 6.07 Å². The first-order chi connectivity index (χ1) is 9.42. The van der Waals surface area contributed by atoms with Gasteiger partial charge in [-0.15, -0.1) is 0 Å². The zero-order chi connectivity index (χ0) is 14.8. The van der Waals surface area contributed by atoms with Gasteiger partial charge in [0.1, 0.15) is 0 Å². The lowest BCUT2D eigenvalue weighted by Gasteiger charge is -2.08. The molecule has 2 rings (SSSR count). The Morgan fingerprint density at radius 1 is 1.45 bits per heavy atom. The van der Waals surface area contributed by atoms with Gasteiger partial charge in [0.15, 0.2) is 5.82 Å². The van der Waals surface area contributed by atoms with Gasteiger partial charge in [-0.3, -0.25) is 0 Å². The number of aryl methyl sites for hydroxylation is 1. The first-order valence-corrected chi connectivity index (χ1v) is 7.88. The number of aliphatic hydroxyl groups excluding tert-OH is 1. The van der Waals surface area contributed by atoms with Crippen LogP contribution in [0, 0.1) is 6.92 Å². The Morgan fingerprint density at radius 3 is 2.80 bits per heavy atom. The van der Waals surface area contributed by atoms with E-state index in [2.05, 4.69) is 30.8 Å². The fourth-order valence-electron chi connectivity index (χ4n) is 1.50. The molecule has 0 unspecified atom stereocenters. The van der Waals surface area contributed by atoms with Gasteiger partial charge in [-0.25, -0.2) is 13.1 Å². The second-order valence-corrected chi connectivity index (χ2v) is 6.57. The molecule has 0 aliphatic heterocycles. The number of rotatable bonds is 5. The van der Waals surface area contributed by atoms with Crippen LogP contribution >= 0.6 is 15.9 Å². The molecule has 0 saturated heterocycles. The average molecular weight is 362 g/mol. The molecular formula is C11H12BrN3O4S. The normalized spacial score (nSPS) is 11.8. The molecule has 2 aromatic rings. The molecule has 0 radical (unpaired) electrons. The van der Waals surface area contributed by atoms with Crippen molar-refractivity contribution in [3.8, 4) is 0 Å². The molecule has 0 aliphatic carbocycles. The third-order valence-corrected chi connectivity index (χ3v) is 4.85. The number of nitrogens with one attached hydrogen (secondary N) is 1. The monoisotopic (exact) mass is 361 g/mol. The summed E-state index contributed by atoms with van der Waals surface area (Å²) in [6.45, 7) is 1.31. The highest BCUT2D eigenvalue weighted by molar-refractivity contribution is 9.10. The summed E-state index contributed by atoms with van der Waals surface area (Å²) >= 11 is 3.17. The minimum absolute atomic E-state index is 0.0419.